The van der Waals surface area contributed by atoms with Crippen molar-refractivity contribution in [3.8, 4) is 11.5 Å². The van der Waals surface area contributed by atoms with Gasteiger partial charge < -0.3 is 19.3 Å². The third-order valence-electron chi connectivity index (χ3n) is 6.78. The van der Waals surface area contributed by atoms with Crippen LogP contribution in [-0.2, 0) is 24.2 Å². The lowest BCUT2D eigenvalue weighted by Crippen LogP contribution is -2.53. The van der Waals surface area contributed by atoms with Gasteiger partial charge in [-0.3, -0.25) is 4.90 Å². The van der Waals surface area contributed by atoms with Crippen LogP contribution in [0.15, 0.2) is 42.0 Å². The summed E-state index contributed by atoms with van der Waals surface area (Å²) in [6, 6.07) is 12.8. The van der Waals surface area contributed by atoms with E-state index in [1.807, 2.05) is 6.92 Å². The van der Waals surface area contributed by atoms with Gasteiger partial charge in [0.1, 0.15) is 24.2 Å². The number of carbonyl (C=O) groups is 1. The third-order valence-corrected chi connectivity index (χ3v) is 6.78. The van der Waals surface area contributed by atoms with E-state index in [2.05, 4.69) is 62.1 Å². The van der Waals surface area contributed by atoms with Crippen LogP contribution in [0.3, 0.4) is 0 Å². The summed E-state index contributed by atoms with van der Waals surface area (Å²) in [4.78, 5) is 12.9. The molecule has 2 aromatic carbocycles. The van der Waals surface area contributed by atoms with E-state index in [0.29, 0.717) is 32.2 Å². The van der Waals surface area contributed by atoms with Gasteiger partial charge in [-0.25, -0.2) is 4.79 Å². The maximum atomic E-state index is 10.7. The Morgan fingerprint density at radius 3 is 2.63 bits per heavy atom. The van der Waals surface area contributed by atoms with Crippen molar-refractivity contribution in [2.45, 2.75) is 59.7 Å². The standard InChI is InChI=1S/C29H37NO5/c1-5-33-28-13-21(12-19(2)3)6-7-24(28)18-34-25-10-11-27-20(4)23(9-8-22(27)14-25)15-30-16-26(17-30)35-29(31)32/h6-7,10-11,13-14,19,26H,5,8-9,12,15-18H2,1-4H3,(H,31,32). The summed E-state index contributed by atoms with van der Waals surface area (Å²) >= 11 is 0. The Kier molecular flexibility index (Phi) is 8.01. The summed E-state index contributed by atoms with van der Waals surface area (Å²) < 4.78 is 16.9. The van der Waals surface area contributed by atoms with Gasteiger partial charge in [0.2, 0.25) is 0 Å². The number of nitrogens with zero attached hydrogens (tertiary/aromatic N) is 1. The smallest absolute Gasteiger partial charge is 0.493 e. The lowest BCUT2D eigenvalue weighted by Gasteiger charge is -2.39. The molecule has 2 aliphatic rings. The zero-order chi connectivity index (χ0) is 24.9. The number of allylic oxidation sites excluding steroid dienone is 1. The van der Waals surface area contributed by atoms with Crippen molar-refractivity contribution in [3.63, 3.8) is 0 Å². The first-order valence-electron chi connectivity index (χ1n) is 12.6. The molecule has 1 heterocycles. The molecule has 1 aliphatic heterocycles. The van der Waals surface area contributed by atoms with Gasteiger partial charge in [-0.15, -0.1) is 0 Å². The number of fused-ring (bicyclic) bond motifs is 1. The van der Waals surface area contributed by atoms with Crippen LogP contribution in [0.1, 0.15) is 56.4 Å². The monoisotopic (exact) mass is 479 g/mol. The van der Waals surface area contributed by atoms with Crippen LogP contribution in [0.5, 0.6) is 11.5 Å². The number of hydrogen-bond acceptors (Lipinski definition) is 5. The third kappa shape index (κ3) is 6.37. The van der Waals surface area contributed by atoms with Gasteiger partial charge in [0.25, 0.3) is 0 Å². The van der Waals surface area contributed by atoms with Gasteiger partial charge in [-0.2, -0.15) is 0 Å². The largest absolute Gasteiger partial charge is 0.506 e. The number of aryl methyl sites for hydroxylation is 1. The number of carboxylic acid groups (broad SMARTS) is 1. The van der Waals surface area contributed by atoms with Crippen molar-refractivity contribution in [2.24, 2.45) is 5.92 Å². The van der Waals surface area contributed by atoms with E-state index in [0.717, 1.165) is 42.9 Å². The molecule has 0 spiro atoms. The highest BCUT2D eigenvalue weighted by atomic mass is 16.7. The van der Waals surface area contributed by atoms with E-state index >= 15 is 0 Å². The Balaban J connectivity index is 1.39. The first-order valence-corrected chi connectivity index (χ1v) is 12.6. The maximum Gasteiger partial charge on any atom is 0.506 e. The minimum atomic E-state index is -1.19. The first-order chi connectivity index (χ1) is 16.8. The summed E-state index contributed by atoms with van der Waals surface area (Å²) in [6.45, 7) is 12.0. The molecule has 1 fully saturated rings. The average Bonchev–Trinajstić information content (AvgIpc) is 2.78. The van der Waals surface area contributed by atoms with Crippen LogP contribution >= 0.6 is 0 Å². The summed E-state index contributed by atoms with van der Waals surface area (Å²) in [7, 11) is 0. The predicted octanol–water partition coefficient (Wildman–Crippen LogP) is 5.96. The molecule has 0 bridgehead atoms. The van der Waals surface area contributed by atoms with Crippen LogP contribution in [0.25, 0.3) is 5.57 Å². The molecule has 35 heavy (non-hydrogen) atoms. The fourth-order valence-corrected chi connectivity index (χ4v) is 5.00. The molecule has 0 radical (unpaired) electrons. The highest BCUT2D eigenvalue weighted by Crippen LogP contribution is 2.35. The molecule has 188 valence electrons. The molecule has 6 nitrogen and oxygen atoms in total. The molecule has 1 N–H and O–H groups in total. The van der Waals surface area contributed by atoms with Crippen molar-refractivity contribution in [3.05, 3.63) is 64.2 Å². The fourth-order valence-electron chi connectivity index (χ4n) is 5.00. The van der Waals surface area contributed by atoms with Gasteiger partial charge in [0.05, 0.1) is 6.61 Å². The van der Waals surface area contributed by atoms with Crippen molar-refractivity contribution in [1.29, 1.82) is 0 Å². The first kappa shape index (κ1) is 25.1. The van der Waals surface area contributed by atoms with Gasteiger partial charge in [0, 0.05) is 25.2 Å². The lowest BCUT2D eigenvalue weighted by atomic mass is 9.85. The number of hydrogen-bond donors (Lipinski definition) is 1. The Labute approximate surface area is 208 Å². The number of likely N-dealkylation sites (tertiary alicyclic amines) is 1. The summed E-state index contributed by atoms with van der Waals surface area (Å²) in [5.41, 5.74) is 7.70. The second-order valence-corrected chi connectivity index (χ2v) is 10.0. The number of ether oxygens (including phenoxy) is 3. The van der Waals surface area contributed by atoms with Gasteiger partial charge in [0.15, 0.2) is 0 Å². The van der Waals surface area contributed by atoms with E-state index in [1.165, 1.54) is 27.8 Å². The maximum absolute atomic E-state index is 10.7. The summed E-state index contributed by atoms with van der Waals surface area (Å²) in [6.07, 6.45) is 1.64. The quantitative estimate of drug-likeness (QED) is 0.424. The molecule has 0 unspecified atom stereocenters. The van der Waals surface area contributed by atoms with Crippen molar-refractivity contribution >= 4 is 11.7 Å². The predicted molar refractivity (Wildman–Crippen MR) is 137 cm³/mol. The summed E-state index contributed by atoms with van der Waals surface area (Å²) in [5, 5.41) is 8.74. The second kappa shape index (κ2) is 11.2. The molecular weight excluding hydrogens is 442 g/mol. The molecule has 1 aliphatic carbocycles. The Morgan fingerprint density at radius 1 is 1.11 bits per heavy atom. The SMILES string of the molecule is CCOc1cc(CC(C)C)ccc1COc1ccc2c(c1)CCC(CN1CC(OC(=O)O)C1)=C2C. The molecule has 0 atom stereocenters. The minimum Gasteiger partial charge on any atom is -0.493 e. The van der Waals surface area contributed by atoms with Crippen LogP contribution in [0.4, 0.5) is 4.79 Å². The molecule has 4 rings (SSSR count). The molecule has 6 heteroatoms. The average molecular weight is 480 g/mol. The summed E-state index contributed by atoms with van der Waals surface area (Å²) in [5.74, 6) is 2.40. The van der Waals surface area contributed by atoms with Crippen LogP contribution in [0, 0.1) is 5.92 Å². The van der Waals surface area contributed by atoms with Gasteiger partial charge in [-0.05, 0) is 79.5 Å². The van der Waals surface area contributed by atoms with E-state index in [9.17, 15) is 4.79 Å². The number of benzene rings is 2. The zero-order valence-electron chi connectivity index (χ0n) is 21.3. The second-order valence-electron chi connectivity index (χ2n) is 10.0. The Bertz CT molecular complexity index is 1080. The van der Waals surface area contributed by atoms with E-state index in [-0.39, 0.29) is 6.10 Å². The van der Waals surface area contributed by atoms with Gasteiger partial charge >= 0.3 is 6.16 Å². The zero-order valence-corrected chi connectivity index (χ0v) is 21.3. The molecule has 2 aromatic rings. The topological polar surface area (TPSA) is 68.2 Å². The minimum absolute atomic E-state index is 0.196. The molecule has 0 saturated carbocycles. The van der Waals surface area contributed by atoms with Crippen molar-refractivity contribution in [1.82, 2.24) is 4.90 Å². The van der Waals surface area contributed by atoms with Crippen molar-refractivity contribution < 1.29 is 24.1 Å². The van der Waals surface area contributed by atoms with Crippen molar-refractivity contribution in [2.75, 3.05) is 26.2 Å². The Hall–Kier alpha value is -2.99. The van der Waals surface area contributed by atoms with E-state index < -0.39 is 6.16 Å². The van der Waals surface area contributed by atoms with E-state index in [4.69, 9.17) is 19.3 Å². The van der Waals surface area contributed by atoms with Crippen LogP contribution in [-0.4, -0.2) is 48.5 Å². The normalized spacial score (nSPS) is 16.1. The molecule has 0 aromatic heterocycles. The van der Waals surface area contributed by atoms with Crippen LogP contribution in [0.2, 0.25) is 0 Å². The Morgan fingerprint density at radius 2 is 1.91 bits per heavy atom. The van der Waals surface area contributed by atoms with Gasteiger partial charge in [-0.1, -0.05) is 37.6 Å². The van der Waals surface area contributed by atoms with E-state index in [1.54, 1.807) is 0 Å². The highest BCUT2D eigenvalue weighted by Gasteiger charge is 2.31. The molecule has 1 saturated heterocycles. The van der Waals surface area contributed by atoms with Crippen LogP contribution < -0.4 is 9.47 Å². The highest BCUT2D eigenvalue weighted by molar-refractivity contribution is 5.72. The lowest BCUT2D eigenvalue weighted by molar-refractivity contribution is -0.0292. The molecule has 0 amide bonds. The fraction of sp³-hybridized carbons (Fsp3) is 0.483. The molecular formula is C29H37NO5. The number of rotatable bonds is 10.